The maximum atomic E-state index is 12.8. The number of amides is 1. The number of hydrogen-bond acceptors (Lipinski definition) is 2. The maximum Gasteiger partial charge on any atom is 0.416 e. The van der Waals surface area contributed by atoms with Crippen LogP contribution >= 0.6 is 11.8 Å². The van der Waals surface area contributed by atoms with E-state index >= 15 is 0 Å². The smallest absolute Gasteiger partial charge is 0.325 e. The van der Waals surface area contributed by atoms with Crippen molar-refractivity contribution in [2.24, 2.45) is 0 Å². The summed E-state index contributed by atoms with van der Waals surface area (Å²) in [5, 5.41) is 2.01. The van der Waals surface area contributed by atoms with E-state index in [0.29, 0.717) is 17.0 Å². The molecule has 1 N–H and O–H groups in total. The average Bonchev–Trinajstić information content (AvgIpc) is 2.52. The molecule has 0 radical (unpaired) electrons. The van der Waals surface area contributed by atoms with E-state index in [2.05, 4.69) is 0 Å². The minimum atomic E-state index is -5.00. The first-order chi connectivity index (χ1) is 11.9. The minimum Gasteiger partial charge on any atom is -0.325 e. The third-order valence-electron chi connectivity index (χ3n) is 3.05. The largest absolute Gasteiger partial charge is 0.416 e. The zero-order valence-corrected chi connectivity index (χ0v) is 13.5. The van der Waals surface area contributed by atoms with Gasteiger partial charge in [0.05, 0.1) is 16.9 Å². The zero-order chi connectivity index (χ0) is 19.5. The predicted octanol–water partition coefficient (Wildman–Crippen LogP) is 5.59. The average molecular weight is 397 g/mol. The van der Waals surface area contributed by atoms with Gasteiger partial charge in [-0.3, -0.25) is 4.79 Å². The van der Waals surface area contributed by atoms with E-state index in [1.54, 1.807) is 0 Å². The molecule has 0 atom stereocenters. The van der Waals surface area contributed by atoms with E-state index in [9.17, 15) is 35.5 Å². The Kier molecular flexibility index (Phi) is 5.84. The Bertz CT molecular complexity index is 752. The molecule has 0 bridgehead atoms. The third-order valence-corrected chi connectivity index (χ3v) is 4.07. The van der Waals surface area contributed by atoms with Gasteiger partial charge in [0.2, 0.25) is 5.91 Å². The molecule has 0 aromatic heterocycles. The molecule has 0 saturated carbocycles. The summed E-state index contributed by atoms with van der Waals surface area (Å²) in [6.45, 7) is 0. The zero-order valence-electron chi connectivity index (χ0n) is 12.7. The lowest BCUT2D eigenvalue weighted by atomic mass is 10.1. The SMILES string of the molecule is O=C(CSc1ccc(F)cc1)Nc1cc(C(F)(F)F)cc(C(F)(F)F)c1. The molecule has 0 unspecified atom stereocenters. The standard InChI is InChI=1S/C16H10F7NOS/c17-11-1-3-13(4-2-11)26-8-14(25)24-12-6-9(15(18,19)20)5-10(7-12)16(21,22)23/h1-7H,8H2,(H,24,25). The highest BCUT2D eigenvalue weighted by Crippen LogP contribution is 2.37. The van der Waals surface area contributed by atoms with Crippen molar-refractivity contribution in [3.05, 3.63) is 59.4 Å². The lowest BCUT2D eigenvalue weighted by Gasteiger charge is -2.14. The predicted molar refractivity (Wildman–Crippen MR) is 82.2 cm³/mol. The van der Waals surface area contributed by atoms with Crippen molar-refractivity contribution >= 4 is 23.4 Å². The number of benzene rings is 2. The van der Waals surface area contributed by atoms with Gasteiger partial charge in [-0.15, -0.1) is 11.8 Å². The van der Waals surface area contributed by atoms with Gasteiger partial charge in [-0.25, -0.2) is 4.39 Å². The number of hydrogen-bond donors (Lipinski definition) is 1. The fourth-order valence-corrected chi connectivity index (χ4v) is 2.60. The summed E-state index contributed by atoms with van der Waals surface area (Å²) >= 11 is 0.953. The molecular weight excluding hydrogens is 387 g/mol. The first-order valence-electron chi connectivity index (χ1n) is 6.93. The molecule has 10 heteroatoms. The number of thioether (sulfide) groups is 1. The van der Waals surface area contributed by atoms with Crippen LogP contribution in [-0.4, -0.2) is 11.7 Å². The van der Waals surface area contributed by atoms with Gasteiger partial charge in [0.1, 0.15) is 5.82 Å². The summed E-state index contributed by atoms with van der Waals surface area (Å²) in [4.78, 5) is 12.3. The number of nitrogens with one attached hydrogen (secondary N) is 1. The molecule has 0 aliphatic carbocycles. The summed E-state index contributed by atoms with van der Waals surface area (Å²) in [6, 6.07) is 5.91. The molecule has 2 aromatic carbocycles. The van der Waals surface area contributed by atoms with E-state index in [4.69, 9.17) is 0 Å². The molecule has 0 saturated heterocycles. The number of carbonyl (C=O) groups is 1. The van der Waals surface area contributed by atoms with E-state index in [1.807, 2.05) is 5.32 Å². The number of alkyl halides is 6. The molecule has 140 valence electrons. The molecule has 2 aromatic rings. The first kappa shape index (κ1) is 20.1. The van der Waals surface area contributed by atoms with Gasteiger partial charge in [0.25, 0.3) is 0 Å². The summed E-state index contributed by atoms with van der Waals surface area (Å²) in [7, 11) is 0. The van der Waals surface area contributed by atoms with Crippen LogP contribution < -0.4 is 5.32 Å². The normalized spacial score (nSPS) is 12.1. The third kappa shape index (κ3) is 5.65. The maximum absolute atomic E-state index is 12.8. The van der Waals surface area contributed by atoms with Crippen molar-refractivity contribution in [3.8, 4) is 0 Å². The molecule has 0 aliphatic heterocycles. The highest BCUT2D eigenvalue weighted by molar-refractivity contribution is 8.00. The van der Waals surface area contributed by atoms with Gasteiger partial charge in [0, 0.05) is 10.6 Å². The summed E-state index contributed by atoms with van der Waals surface area (Å²) < 4.78 is 89.3. The van der Waals surface area contributed by atoms with Crippen molar-refractivity contribution in [1.82, 2.24) is 0 Å². The van der Waals surface area contributed by atoms with Crippen LogP contribution in [0.25, 0.3) is 0 Å². The number of anilines is 1. The monoisotopic (exact) mass is 397 g/mol. The minimum absolute atomic E-state index is 0.0249. The molecule has 2 nitrogen and oxygen atoms in total. The molecule has 1 amide bonds. The Morgan fingerprint density at radius 1 is 0.885 bits per heavy atom. The Labute approximate surface area is 147 Å². The highest BCUT2D eigenvalue weighted by atomic mass is 32.2. The second kappa shape index (κ2) is 7.56. The Morgan fingerprint density at radius 2 is 1.38 bits per heavy atom. The van der Waals surface area contributed by atoms with Gasteiger partial charge in [-0.05, 0) is 42.5 Å². The molecule has 0 aliphatic rings. The van der Waals surface area contributed by atoms with Gasteiger partial charge >= 0.3 is 12.4 Å². The molecule has 0 fully saturated rings. The quantitative estimate of drug-likeness (QED) is 0.538. The summed E-state index contributed by atoms with van der Waals surface area (Å²) in [5.41, 5.74) is -3.65. The van der Waals surface area contributed by atoms with Crippen LogP contribution in [0.5, 0.6) is 0 Å². The van der Waals surface area contributed by atoms with E-state index in [1.165, 1.54) is 12.1 Å². The van der Waals surface area contributed by atoms with Crippen LogP contribution in [0.15, 0.2) is 47.4 Å². The van der Waals surface area contributed by atoms with Crippen LogP contribution in [-0.2, 0) is 17.1 Å². The molecule has 0 spiro atoms. The lowest BCUT2D eigenvalue weighted by molar-refractivity contribution is -0.143. The summed E-state index contributed by atoms with van der Waals surface area (Å²) in [5.74, 6) is -1.56. The van der Waals surface area contributed by atoms with Crippen LogP contribution in [0.2, 0.25) is 0 Å². The molecule has 0 heterocycles. The highest BCUT2D eigenvalue weighted by Gasteiger charge is 2.37. The second-order valence-electron chi connectivity index (χ2n) is 5.09. The van der Waals surface area contributed by atoms with E-state index in [0.717, 1.165) is 23.9 Å². The topological polar surface area (TPSA) is 29.1 Å². The Balaban J connectivity index is 2.14. The number of carbonyl (C=O) groups excluding carboxylic acids is 1. The van der Waals surface area contributed by atoms with Gasteiger partial charge < -0.3 is 5.32 Å². The van der Waals surface area contributed by atoms with Crippen LogP contribution in [0, 0.1) is 5.82 Å². The van der Waals surface area contributed by atoms with Crippen LogP contribution in [0.3, 0.4) is 0 Å². The van der Waals surface area contributed by atoms with E-state index in [-0.39, 0.29) is 11.8 Å². The molecular formula is C16H10F7NOS. The first-order valence-corrected chi connectivity index (χ1v) is 7.91. The molecule has 26 heavy (non-hydrogen) atoms. The fourth-order valence-electron chi connectivity index (χ4n) is 1.90. The van der Waals surface area contributed by atoms with Crippen molar-refractivity contribution in [1.29, 1.82) is 0 Å². The molecule has 2 rings (SSSR count). The second-order valence-corrected chi connectivity index (χ2v) is 6.13. The van der Waals surface area contributed by atoms with Crippen molar-refractivity contribution < 1.29 is 35.5 Å². The van der Waals surface area contributed by atoms with Crippen molar-refractivity contribution in [2.75, 3.05) is 11.1 Å². The van der Waals surface area contributed by atoms with E-state index < -0.39 is 40.9 Å². The van der Waals surface area contributed by atoms with Crippen molar-refractivity contribution in [3.63, 3.8) is 0 Å². The Morgan fingerprint density at radius 3 is 1.85 bits per heavy atom. The fraction of sp³-hybridized carbons (Fsp3) is 0.188. The lowest BCUT2D eigenvalue weighted by Crippen LogP contribution is -2.17. The van der Waals surface area contributed by atoms with Crippen LogP contribution in [0.1, 0.15) is 11.1 Å². The summed E-state index contributed by atoms with van der Waals surface area (Å²) in [6.07, 6.45) is -9.99. The van der Waals surface area contributed by atoms with Gasteiger partial charge in [-0.2, -0.15) is 26.3 Å². The van der Waals surface area contributed by atoms with Gasteiger partial charge in [-0.1, -0.05) is 0 Å². The number of rotatable bonds is 4. The van der Waals surface area contributed by atoms with Crippen molar-refractivity contribution in [2.45, 2.75) is 17.2 Å². The Hall–Kier alpha value is -2.23. The number of halogens is 7. The van der Waals surface area contributed by atoms with Gasteiger partial charge in [0.15, 0.2) is 0 Å². The van der Waals surface area contributed by atoms with Crippen LogP contribution in [0.4, 0.5) is 36.4 Å².